The van der Waals surface area contributed by atoms with E-state index in [1.165, 1.54) is 11.6 Å². The highest BCUT2D eigenvalue weighted by Gasteiger charge is 2.57. The zero-order valence-electron chi connectivity index (χ0n) is 21.0. The van der Waals surface area contributed by atoms with Gasteiger partial charge in [-0.15, -0.1) is 0 Å². The third-order valence-electron chi connectivity index (χ3n) is 8.53. The smallest absolute Gasteiger partial charge is 0.336 e. The first-order chi connectivity index (χ1) is 16.1. The molecule has 2 aliphatic carbocycles. The molecule has 0 radical (unpaired) electrons. The highest BCUT2D eigenvalue weighted by atomic mass is 16.5. The van der Waals surface area contributed by atoms with Gasteiger partial charge in [0, 0.05) is 34.4 Å². The maximum atomic E-state index is 12.5. The minimum atomic E-state index is -0.370. The Morgan fingerprint density at radius 2 is 1.94 bits per heavy atom. The minimum Gasteiger partial charge on any atom is -0.493 e. The lowest BCUT2D eigenvalue weighted by molar-refractivity contribution is -0.173. The lowest BCUT2D eigenvalue weighted by atomic mass is 9.47. The number of allylic oxidation sites excluding steroid dienone is 1. The van der Waals surface area contributed by atoms with Crippen LogP contribution < -0.4 is 10.4 Å². The van der Waals surface area contributed by atoms with E-state index >= 15 is 0 Å². The third kappa shape index (κ3) is 4.33. The lowest BCUT2D eigenvalue weighted by Crippen LogP contribution is -2.56. The molecule has 0 saturated heterocycles. The van der Waals surface area contributed by atoms with Crippen molar-refractivity contribution in [3.05, 3.63) is 64.6 Å². The van der Waals surface area contributed by atoms with Crippen LogP contribution >= 0.6 is 0 Å². The quantitative estimate of drug-likeness (QED) is 0.220. The van der Waals surface area contributed by atoms with E-state index in [0.717, 1.165) is 31.1 Å². The van der Waals surface area contributed by atoms with Crippen LogP contribution in [0.15, 0.2) is 63.3 Å². The molecule has 1 aromatic carbocycles. The van der Waals surface area contributed by atoms with Gasteiger partial charge >= 0.3 is 11.6 Å². The number of carbonyl (C=O) groups excluding carboxylic acids is 1. The summed E-state index contributed by atoms with van der Waals surface area (Å²) in [6, 6.07) is 8.78. The van der Waals surface area contributed by atoms with Crippen molar-refractivity contribution in [2.24, 2.45) is 22.7 Å². The van der Waals surface area contributed by atoms with Gasteiger partial charge in [-0.05, 0) is 69.1 Å². The average molecular weight is 465 g/mol. The van der Waals surface area contributed by atoms with Crippen LogP contribution in [0.3, 0.4) is 0 Å². The average Bonchev–Trinajstić information content (AvgIpc) is 2.79. The van der Waals surface area contributed by atoms with Gasteiger partial charge in [0.2, 0.25) is 0 Å². The second kappa shape index (κ2) is 9.09. The molecule has 0 unspecified atom stereocenters. The second-order valence-electron chi connectivity index (χ2n) is 10.8. The fourth-order valence-electron chi connectivity index (χ4n) is 6.32. The number of hydrogen-bond donors (Lipinski definition) is 0. The molecule has 2 saturated carbocycles. The zero-order valence-corrected chi connectivity index (χ0v) is 21.0. The molecule has 0 amide bonds. The highest BCUT2D eigenvalue weighted by molar-refractivity contribution is 5.87. The number of esters is 1. The molecule has 2 aliphatic rings. The van der Waals surface area contributed by atoms with Crippen LogP contribution in [0.1, 0.15) is 60.3 Å². The molecule has 4 rings (SSSR count). The van der Waals surface area contributed by atoms with Crippen molar-refractivity contribution in [2.45, 2.75) is 66.4 Å². The Kier molecular flexibility index (Phi) is 6.50. The van der Waals surface area contributed by atoms with Crippen molar-refractivity contribution in [1.29, 1.82) is 0 Å². The van der Waals surface area contributed by atoms with Crippen LogP contribution in [0.25, 0.3) is 11.0 Å². The number of ether oxygens (including phenoxy) is 2. The van der Waals surface area contributed by atoms with Crippen molar-refractivity contribution in [3.63, 3.8) is 0 Å². The fraction of sp³-hybridized carbons (Fsp3) is 0.517. The lowest BCUT2D eigenvalue weighted by Gasteiger charge is -2.59. The summed E-state index contributed by atoms with van der Waals surface area (Å²) in [5, 5.41) is 0.865. The van der Waals surface area contributed by atoms with Gasteiger partial charge in [-0.1, -0.05) is 39.0 Å². The van der Waals surface area contributed by atoms with E-state index < -0.39 is 0 Å². The molecule has 4 atom stereocenters. The zero-order chi connectivity index (χ0) is 24.7. The molecular formula is C29H36O5. The van der Waals surface area contributed by atoms with Crippen molar-refractivity contribution in [3.8, 4) is 5.75 Å². The van der Waals surface area contributed by atoms with Gasteiger partial charge in [0.25, 0.3) is 0 Å². The summed E-state index contributed by atoms with van der Waals surface area (Å²) in [5.74, 6) is 1.04. The molecule has 0 spiro atoms. The van der Waals surface area contributed by atoms with Gasteiger partial charge in [0.05, 0.1) is 6.61 Å². The van der Waals surface area contributed by atoms with E-state index in [1.54, 1.807) is 25.1 Å². The Morgan fingerprint density at radius 3 is 2.68 bits per heavy atom. The van der Waals surface area contributed by atoms with Crippen molar-refractivity contribution >= 4 is 16.9 Å². The van der Waals surface area contributed by atoms with Gasteiger partial charge in [-0.2, -0.15) is 0 Å². The number of benzene rings is 1. The molecule has 5 heteroatoms. The predicted octanol–water partition coefficient (Wildman–Crippen LogP) is 6.46. The predicted molar refractivity (Wildman–Crippen MR) is 134 cm³/mol. The number of hydrogen-bond acceptors (Lipinski definition) is 5. The molecule has 5 nitrogen and oxygen atoms in total. The summed E-state index contributed by atoms with van der Waals surface area (Å²) in [7, 11) is 0. The molecule has 0 bridgehead atoms. The Balaban J connectivity index is 1.54. The summed E-state index contributed by atoms with van der Waals surface area (Å²) < 4.78 is 17.6. The molecule has 2 aromatic rings. The van der Waals surface area contributed by atoms with Crippen LogP contribution in [-0.2, 0) is 9.53 Å². The molecule has 1 heterocycles. The Labute approximate surface area is 201 Å². The van der Waals surface area contributed by atoms with Gasteiger partial charge in [-0.3, -0.25) is 0 Å². The van der Waals surface area contributed by atoms with Gasteiger partial charge in [0.15, 0.2) is 0 Å². The largest absolute Gasteiger partial charge is 0.493 e. The van der Waals surface area contributed by atoms with Crippen LogP contribution in [-0.4, -0.2) is 18.7 Å². The van der Waals surface area contributed by atoms with Crippen LogP contribution in [0.2, 0.25) is 0 Å². The minimum absolute atomic E-state index is 0.000786. The molecular weight excluding hydrogens is 428 g/mol. The summed E-state index contributed by atoms with van der Waals surface area (Å²) in [5.41, 5.74) is 1.88. The van der Waals surface area contributed by atoms with E-state index in [9.17, 15) is 9.59 Å². The Hall–Kier alpha value is -2.82. The first-order valence-corrected chi connectivity index (χ1v) is 12.2. The van der Waals surface area contributed by atoms with E-state index in [0.29, 0.717) is 29.4 Å². The van der Waals surface area contributed by atoms with Gasteiger partial charge in [0.1, 0.15) is 17.4 Å². The molecule has 34 heavy (non-hydrogen) atoms. The first kappa shape index (κ1) is 24.3. The van der Waals surface area contributed by atoms with E-state index in [2.05, 4.69) is 27.4 Å². The number of rotatable bonds is 5. The fourth-order valence-corrected chi connectivity index (χ4v) is 6.32. The molecule has 182 valence electrons. The number of carbonyl (C=O) groups is 1. The SMILES string of the molecule is C=C1CC[C@@H]2C(C)(C)[C@H](OC(=O)/C(C)=C\C)CC[C@]2(C)[C@H]1COc1ccc2ccc(=O)oc2c1. The topological polar surface area (TPSA) is 65.7 Å². The third-order valence-corrected chi connectivity index (χ3v) is 8.53. The molecule has 0 N–H and O–H groups in total. The molecule has 1 aromatic heterocycles. The van der Waals surface area contributed by atoms with Crippen LogP contribution in [0.5, 0.6) is 5.75 Å². The van der Waals surface area contributed by atoms with Crippen LogP contribution in [0.4, 0.5) is 0 Å². The van der Waals surface area contributed by atoms with E-state index in [-0.39, 0.29) is 34.4 Å². The monoisotopic (exact) mass is 464 g/mol. The summed E-state index contributed by atoms with van der Waals surface area (Å²) in [6.07, 6.45) is 5.46. The summed E-state index contributed by atoms with van der Waals surface area (Å²) in [6.45, 7) is 15.5. The van der Waals surface area contributed by atoms with Gasteiger partial charge in [-0.25, -0.2) is 9.59 Å². The standard InChI is InChI=1S/C29H36O5/c1-7-18(2)27(31)34-25-14-15-29(6)22(19(3)8-12-24(29)28(25,4)5)17-32-21-11-9-20-10-13-26(30)33-23(20)16-21/h7,9-11,13,16,22,24-25H,3,8,12,14-15,17H2,1-2,4-6H3/b18-7-/t22-,24+,25+,29+/m0/s1. The maximum absolute atomic E-state index is 12.5. The number of fused-ring (bicyclic) bond motifs is 2. The van der Waals surface area contributed by atoms with E-state index in [4.69, 9.17) is 13.9 Å². The van der Waals surface area contributed by atoms with Crippen molar-refractivity contribution < 1.29 is 18.7 Å². The van der Waals surface area contributed by atoms with Crippen molar-refractivity contribution in [1.82, 2.24) is 0 Å². The normalized spacial score (nSPS) is 28.9. The van der Waals surface area contributed by atoms with Gasteiger partial charge < -0.3 is 13.9 Å². The Morgan fingerprint density at radius 1 is 1.21 bits per heavy atom. The summed E-state index contributed by atoms with van der Waals surface area (Å²) >= 11 is 0. The highest BCUT2D eigenvalue weighted by Crippen LogP contribution is 2.61. The maximum Gasteiger partial charge on any atom is 0.336 e. The first-order valence-electron chi connectivity index (χ1n) is 12.2. The van der Waals surface area contributed by atoms with Crippen LogP contribution in [0, 0.1) is 22.7 Å². The van der Waals surface area contributed by atoms with E-state index in [1.807, 2.05) is 19.1 Å². The molecule has 2 fully saturated rings. The second-order valence-corrected chi connectivity index (χ2v) is 10.8. The summed E-state index contributed by atoms with van der Waals surface area (Å²) in [4.78, 5) is 24.1. The Bertz CT molecular complexity index is 1190. The molecule has 0 aliphatic heterocycles. The van der Waals surface area contributed by atoms with Crippen molar-refractivity contribution in [2.75, 3.05) is 6.61 Å².